The molecule has 3 aliphatic rings. The number of halogens is 3. The van der Waals surface area contributed by atoms with E-state index < -0.39 is 18.1 Å². The zero-order valence-corrected chi connectivity index (χ0v) is 25.5. The molecule has 1 N–H and O–H groups in total. The van der Waals surface area contributed by atoms with E-state index in [9.17, 15) is 18.4 Å². The fourth-order valence-electron chi connectivity index (χ4n) is 6.71. The second kappa shape index (κ2) is 12.0. The molecule has 4 aromatic rings. The SMILES string of the molecule is O=C(Nc1nccs1)C(c1ncn2c1CC(F)C2)N1Cc2c(Cl)cc(-c3ccc(C4CCN(CCF)CC4)cc3)cc2C1=O. The molecule has 2 unspecified atom stereocenters. The fraction of sp³-hybridized carbons (Fsp3) is 0.375. The van der Waals surface area contributed by atoms with E-state index in [1.807, 2.05) is 24.3 Å². The third-order valence-corrected chi connectivity index (χ3v) is 10.0. The maximum Gasteiger partial charge on any atom is 0.255 e. The lowest BCUT2D eigenvalue weighted by atomic mass is 9.88. The lowest BCUT2D eigenvalue weighted by Crippen LogP contribution is -2.38. The van der Waals surface area contributed by atoms with Crippen molar-refractivity contribution in [2.24, 2.45) is 0 Å². The van der Waals surface area contributed by atoms with Crippen LogP contribution in [-0.2, 0) is 24.3 Å². The van der Waals surface area contributed by atoms with Crippen LogP contribution in [-0.4, -0.2) is 68.6 Å². The van der Waals surface area contributed by atoms with Gasteiger partial charge in [0.25, 0.3) is 11.8 Å². The van der Waals surface area contributed by atoms with Crippen LogP contribution in [0.25, 0.3) is 11.1 Å². The van der Waals surface area contributed by atoms with Gasteiger partial charge in [-0.2, -0.15) is 0 Å². The van der Waals surface area contributed by atoms with E-state index in [1.165, 1.54) is 28.1 Å². The van der Waals surface area contributed by atoms with Crippen LogP contribution in [0.2, 0.25) is 5.02 Å². The number of anilines is 1. The first-order valence-electron chi connectivity index (χ1n) is 14.8. The van der Waals surface area contributed by atoms with Crippen molar-refractivity contribution in [3.05, 3.63) is 87.4 Å². The van der Waals surface area contributed by atoms with E-state index in [-0.39, 0.29) is 32.1 Å². The zero-order valence-electron chi connectivity index (χ0n) is 23.9. The molecule has 2 aromatic heterocycles. The van der Waals surface area contributed by atoms with Crippen molar-refractivity contribution in [1.82, 2.24) is 24.3 Å². The number of nitrogens with zero attached hydrogens (tertiary/aromatic N) is 5. The van der Waals surface area contributed by atoms with Gasteiger partial charge < -0.3 is 14.4 Å². The normalized spacial score (nSPS) is 19.3. The van der Waals surface area contributed by atoms with Crippen LogP contribution in [0.4, 0.5) is 13.9 Å². The monoisotopic (exact) mass is 636 g/mol. The molecule has 0 bridgehead atoms. The Hall–Kier alpha value is -3.67. The summed E-state index contributed by atoms with van der Waals surface area (Å²) in [5.41, 5.74) is 5.04. The molecule has 12 heteroatoms. The highest BCUT2D eigenvalue weighted by molar-refractivity contribution is 7.13. The number of carbonyl (C=O) groups is 2. The number of hydrogen-bond acceptors (Lipinski definition) is 6. The summed E-state index contributed by atoms with van der Waals surface area (Å²) in [4.78, 5) is 40.0. The minimum Gasteiger partial charge on any atom is -0.331 e. The van der Waals surface area contributed by atoms with E-state index in [0.29, 0.717) is 45.1 Å². The summed E-state index contributed by atoms with van der Waals surface area (Å²) in [6, 6.07) is 10.9. The van der Waals surface area contributed by atoms with E-state index >= 15 is 0 Å². The average molecular weight is 637 g/mol. The van der Waals surface area contributed by atoms with Crippen molar-refractivity contribution in [3.8, 4) is 11.1 Å². The average Bonchev–Trinajstić information content (AvgIpc) is 3.81. The van der Waals surface area contributed by atoms with Crippen LogP contribution in [0, 0.1) is 0 Å². The Kier molecular flexibility index (Phi) is 7.94. The molecule has 0 saturated carbocycles. The number of rotatable bonds is 8. The van der Waals surface area contributed by atoms with Gasteiger partial charge in [0.1, 0.15) is 12.8 Å². The molecule has 1 saturated heterocycles. The van der Waals surface area contributed by atoms with Gasteiger partial charge in [0.05, 0.1) is 18.6 Å². The Balaban J connectivity index is 1.15. The number of hydrogen-bond donors (Lipinski definition) is 1. The molecule has 228 valence electrons. The predicted octanol–water partition coefficient (Wildman–Crippen LogP) is 6.04. The minimum atomic E-state index is -1.09. The fourth-order valence-corrected chi connectivity index (χ4v) is 7.52. The first-order chi connectivity index (χ1) is 21.4. The summed E-state index contributed by atoms with van der Waals surface area (Å²) < 4.78 is 28.8. The summed E-state index contributed by atoms with van der Waals surface area (Å²) in [7, 11) is 0. The molecule has 0 radical (unpaired) electrons. The molecule has 3 aliphatic heterocycles. The molecule has 0 spiro atoms. The summed E-state index contributed by atoms with van der Waals surface area (Å²) in [6.45, 7) is 2.27. The summed E-state index contributed by atoms with van der Waals surface area (Å²) >= 11 is 8.06. The number of aromatic nitrogens is 3. The first kappa shape index (κ1) is 29.1. The molecule has 2 aromatic carbocycles. The van der Waals surface area contributed by atoms with Gasteiger partial charge in [-0.25, -0.2) is 18.7 Å². The summed E-state index contributed by atoms with van der Waals surface area (Å²) in [5, 5.41) is 5.39. The van der Waals surface area contributed by atoms with Crippen LogP contribution < -0.4 is 5.32 Å². The van der Waals surface area contributed by atoms with E-state index in [4.69, 9.17) is 11.6 Å². The van der Waals surface area contributed by atoms with Crippen molar-refractivity contribution in [1.29, 1.82) is 0 Å². The molecule has 44 heavy (non-hydrogen) atoms. The standard InChI is InChI=1S/C32H31ClF2N6O2S/c33-26-14-22(20-3-1-19(2-4-20)21-5-9-39(10-6-21)11-7-34)13-24-25(26)17-41(31(24)43)29(30(42)38-32-36-8-12-44-32)28-27-15-23(35)16-40(27)18-37-28/h1-4,8,12-14,18,21,23,29H,5-7,9-11,15-17H2,(H,36,38,42). The Morgan fingerprint density at radius 3 is 2.66 bits per heavy atom. The third kappa shape index (κ3) is 5.41. The van der Waals surface area contributed by atoms with Crippen LogP contribution in [0.3, 0.4) is 0 Å². The molecule has 2 atom stereocenters. The Labute approximate surface area is 262 Å². The number of imidazole rings is 1. The van der Waals surface area contributed by atoms with Crippen LogP contribution in [0.1, 0.15) is 57.7 Å². The number of fused-ring (bicyclic) bond motifs is 2. The lowest BCUT2D eigenvalue weighted by Gasteiger charge is -2.31. The second-order valence-corrected chi connectivity index (χ2v) is 12.9. The molecule has 1 fully saturated rings. The van der Waals surface area contributed by atoms with Gasteiger partial charge in [-0.05, 0) is 60.7 Å². The molecule has 7 rings (SSSR count). The largest absolute Gasteiger partial charge is 0.331 e. The van der Waals surface area contributed by atoms with Gasteiger partial charge in [0, 0.05) is 52.9 Å². The van der Waals surface area contributed by atoms with Gasteiger partial charge >= 0.3 is 0 Å². The Morgan fingerprint density at radius 1 is 1.14 bits per heavy atom. The molecular weight excluding hydrogens is 606 g/mol. The molecule has 5 heterocycles. The number of alkyl halides is 2. The first-order valence-corrected chi connectivity index (χ1v) is 16.1. The number of carbonyl (C=O) groups excluding carboxylic acids is 2. The predicted molar refractivity (Wildman–Crippen MR) is 165 cm³/mol. The minimum absolute atomic E-state index is 0.120. The molecular formula is C32H31ClF2N6O2S. The molecule has 8 nitrogen and oxygen atoms in total. The Morgan fingerprint density at radius 2 is 1.93 bits per heavy atom. The van der Waals surface area contributed by atoms with Gasteiger partial charge in [-0.15, -0.1) is 11.3 Å². The zero-order chi connectivity index (χ0) is 30.4. The van der Waals surface area contributed by atoms with Crippen LogP contribution >= 0.6 is 22.9 Å². The summed E-state index contributed by atoms with van der Waals surface area (Å²) in [6.07, 6.45) is 4.17. The van der Waals surface area contributed by atoms with E-state index in [1.54, 1.807) is 16.1 Å². The Bertz CT molecular complexity index is 1690. The third-order valence-electron chi connectivity index (χ3n) is 8.99. The quantitative estimate of drug-likeness (QED) is 0.255. The number of thiazole rings is 1. The number of nitrogens with one attached hydrogen (secondary N) is 1. The van der Waals surface area contributed by atoms with Crippen molar-refractivity contribution in [3.63, 3.8) is 0 Å². The van der Waals surface area contributed by atoms with Crippen LogP contribution in [0.5, 0.6) is 0 Å². The van der Waals surface area contributed by atoms with E-state index in [0.717, 1.165) is 37.1 Å². The topological polar surface area (TPSA) is 83.4 Å². The second-order valence-electron chi connectivity index (χ2n) is 11.6. The highest BCUT2D eigenvalue weighted by Crippen LogP contribution is 2.40. The van der Waals surface area contributed by atoms with Crippen LogP contribution in [0.15, 0.2) is 54.3 Å². The highest BCUT2D eigenvalue weighted by atomic mass is 35.5. The molecule has 0 aliphatic carbocycles. The van der Waals surface area contributed by atoms with Crippen molar-refractivity contribution < 1.29 is 18.4 Å². The summed E-state index contributed by atoms with van der Waals surface area (Å²) in [5.74, 6) is -0.369. The maximum absolute atomic E-state index is 14.3. The maximum atomic E-state index is 14.3. The number of piperidine rings is 1. The van der Waals surface area contributed by atoms with Crippen molar-refractivity contribution >= 4 is 39.9 Å². The number of likely N-dealkylation sites (tertiary alicyclic amines) is 1. The van der Waals surface area contributed by atoms with Gasteiger partial charge in [0.15, 0.2) is 11.2 Å². The number of amides is 2. The van der Waals surface area contributed by atoms with Gasteiger partial charge in [-0.3, -0.25) is 14.9 Å². The van der Waals surface area contributed by atoms with Gasteiger partial charge in [0.2, 0.25) is 0 Å². The highest BCUT2D eigenvalue weighted by Gasteiger charge is 2.42. The van der Waals surface area contributed by atoms with Gasteiger partial charge in [-0.1, -0.05) is 35.9 Å². The van der Waals surface area contributed by atoms with Crippen molar-refractivity contribution in [2.45, 2.75) is 50.5 Å². The number of benzene rings is 2. The lowest BCUT2D eigenvalue weighted by molar-refractivity contribution is -0.121. The molecule has 2 amide bonds. The smallest absolute Gasteiger partial charge is 0.255 e. The van der Waals surface area contributed by atoms with Crippen molar-refractivity contribution in [2.75, 3.05) is 31.6 Å². The van der Waals surface area contributed by atoms with E-state index in [2.05, 4.69) is 32.3 Å².